The van der Waals surface area contributed by atoms with E-state index < -0.39 is 0 Å². The van der Waals surface area contributed by atoms with E-state index in [1.165, 1.54) is 0 Å². The Balaban J connectivity index is 1.98. The van der Waals surface area contributed by atoms with E-state index in [1.807, 2.05) is 0 Å². The lowest BCUT2D eigenvalue weighted by molar-refractivity contribution is -0.179. The van der Waals surface area contributed by atoms with Crippen molar-refractivity contribution in [2.75, 3.05) is 26.3 Å². The van der Waals surface area contributed by atoms with Crippen LogP contribution in [0.4, 0.5) is 0 Å². The quantitative estimate of drug-likeness (QED) is 0.441. The lowest BCUT2D eigenvalue weighted by Gasteiger charge is -2.39. The minimum Gasteiger partial charge on any atom is -0.376 e. The Labute approximate surface area is 59.8 Å². The zero-order chi connectivity index (χ0) is 6.97. The molecule has 58 valence electrons. The van der Waals surface area contributed by atoms with Gasteiger partial charge in [-0.1, -0.05) is 0 Å². The van der Waals surface area contributed by atoms with E-state index in [0.29, 0.717) is 13.2 Å². The number of morpholine rings is 1. The molecule has 0 aromatic heterocycles. The highest BCUT2D eigenvalue weighted by Crippen LogP contribution is 2.13. The highest BCUT2D eigenvalue weighted by atomic mass is 16.6. The van der Waals surface area contributed by atoms with Crippen LogP contribution in [0.3, 0.4) is 0 Å². The molecule has 0 spiro atoms. The van der Waals surface area contributed by atoms with E-state index in [-0.39, 0.29) is 12.2 Å². The molecule has 2 bridgehead atoms. The predicted molar refractivity (Wildman–Crippen MR) is 35.2 cm³/mol. The first-order valence-electron chi connectivity index (χ1n) is 3.57. The summed E-state index contributed by atoms with van der Waals surface area (Å²) >= 11 is 0. The van der Waals surface area contributed by atoms with Gasteiger partial charge in [-0.3, -0.25) is 5.84 Å². The first kappa shape index (κ1) is 6.54. The zero-order valence-corrected chi connectivity index (χ0v) is 5.82. The summed E-state index contributed by atoms with van der Waals surface area (Å²) in [6.07, 6.45) is 0.412. The van der Waals surface area contributed by atoms with Gasteiger partial charge in [-0.15, -0.1) is 0 Å². The third-order valence-electron chi connectivity index (χ3n) is 1.87. The lowest BCUT2D eigenvalue weighted by atomic mass is 10.2. The number of hydrazine groups is 1. The number of fused-ring (bicyclic) bond motifs is 2. The second kappa shape index (κ2) is 2.47. The summed E-state index contributed by atoms with van der Waals surface area (Å²) in [7, 11) is 0. The molecule has 2 N–H and O–H groups in total. The molecule has 2 aliphatic rings. The van der Waals surface area contributed by atoms with Crippen LogP contribution in [-0.4, -0.2) is 43.5 Å². The first-order chi connectivity index (χ1) is 4.84. The molecule has 4 nitrogen and oxygen atoms in total. The maximum absolute atomic E-state index is 5.62. The van der Waals surface area contributed by atoms with Crippen LogP contribution in [0.2, 0.25) is 0 Å². The molecule has 0 aromatic rings. The van der Waals surface area contributed by atoms with Crippen LogP contribution in [0.15, 0.2) is 0 Å². The zero-order valence-electron chi connectivity index (χ0n) is 5.82. The number of hydrogen-bond donors (Lipinski definition) is 1. The summed E-state index contributed by atoms with van der Waals surface area (Å²) in [6.45, 7) is 3.00. The fourth-order valence-corrected chi connectivity index (χ4v) is 1.47. The molecule has 2 heterocycles. The van der Waals surface area contributed by atoms with Gasteiger partial charge in [0.1, 0.15) is 0 Å². The van der Waals surface area contributed by atoms with Crippen molar-refractivity contribution in [3.8, 4) is 0 Å². The van der Waals surface area contributed by atoms with Gasteiger partial charge in [0.25, 0.3) is 0 Å². The third-order valence-corrected chi connectivity index (χ3v) is 1.87. The summed E-state index contributed by atoms with van der Waals surface area (Å²) in [4.78, 5) is 0. The topological polar surface area (TPSA) is 47.7 Å². The standard InChI is InChI=1S/C6H12N2O2/c7-8-1-5-3-9-4-6(2-8)10-5/h5-6H,1-4,7H2. The van der Waals surface area contributed by atoms with Crippen LogP contribution >= 0.6 is 0 Å². The number of nitrogens with two attached hydrogens (primary N) is 1. The number of ether oxygens (including phenoxy) is 2. The average Bonchev–Trinajstić information content (AvgIpc) is 1.85. The van der Waals surface area contributed by atoms with Gasteiger partial charge in [0, 0.05) is 13.1 Å². The van der Waals surface area contributed by atoms with Gasteiger partial charge in [0.2, 0.25) is 0 Å². The minimum absolute atomic E-state index is 0.206. The second-order valence-corrected chi connectivity index (χ2v) is 2.87. The number of hydrogen-bond acceptors (Lipinski definition) is 4. The van der Waals surface area contributed by atoms with Crippen LogP contribution < -0.4 is 5.84 Å². The van der Waals surface area contributed by atoms with Gasteiger partial charge >= 0.3 is 0 Å². The molecular formula is C6H12N2O2. The summed E-state index contributed by atoms with van der Waals surface area (Å²) in [6, 6.07) is 0. The van der Waals surface area contributed by atoms with Crippen molar-refractivity contribution in [2.24, 2.45) is 5.84 Å². The summed E-state index contributed by atoms with van der Waals surface area (Å²) in [5.74, 6) is 5.62. The van der Waals surface area contributed by atoms with Crippen molar-refractivity contribution in [2.45, 2.75) is 12.2 Å². The van der Waals surface area contributed by atoms with Crippen molar-refractivity contribution >= 4 is 0 Å². The van der Waals surface area contributed by atoms with Crippen molar-refractivity contribution in [1.82, 2.24) is 5.01 Å². The molecule has 2 atom stereocenters. The molecule has 0 radical (unpaired) electrons. The molecule has 2 aliphatic heterocycles. The summed E-state index contributed by atoms with van der Waals surface area (Å²) in [5, 5.41) is 1.81. The maximum atomic E-state index is 5.62. The van der Waals surface area contributed by atoms with Crippen molar-refractivity contribution in [3.63, 3.8) is 0 Å². The highest BCUT2D eigenvalue weighted by molar-refractivity contribution is 4.77. The van der Waals surface area contributed by atoms with Crippen LogP contribution in [-0.2, 0) is 9.47 Å². The van der Waals surface area contributed by atoms with E-state index in [4.69, 9.17) is 15.3 Å². The largest absolute Gasteiger partial charge is 0.376 e. The maximum Gasteiger partial charge on any atom is 0.0954 e. The van der Waals surface area contributed by atoms with Crippen molar-refractivity contribution in [3.05, 3.63) is 0 Å². The Kier molecular flexibility index (Phi) is 1.61. The monoisotopic (exact) mass is 144 g/mol. The van der Waals surface area contributed by atoms with E-state index in [9.17, 15) is 0 Å². The Hall–Kier alpha value is -0.160. The fraction of sp³-hybridized carbons (Fsp3) is 1.00. The highest BCUT2D eigenvalue weighted by Gasteiger charge is 2.30. The minimum atomic E-state index is 0.206. The van der Waals surface area contributed by atoms with Crippen LogP contribution in [0.25, 0.3) is 0 Å². The van der Waals surface area contributed by atoms with E-state index in [2.05, 4.69) is 0 Å². The molecule has 2 saturated heterocycles. The second-order valence-electron chi connectivity index (χ2n) is 2.87. The normalized spacial score (nSPS) is 41.7. The van der Waals surface area contributed by atoms with E-state index >= 15 is 0 Å². The lowest BCUT2D eigenvalue weighted by Crippen LogP contribution is -2.56. The first-order valence-corrected chi connectivity index (χ1v) is 3.57. The van der Waals surface area contributed by atoms with Crippen molar-refractivity contribution in [1.29, 1.82) is 0 Å². The number of nitrogens with zero attached hydrogens (tertiary/aromatic N) is 1. The van der Waals surface area contributed by atoms with Gasteiger partial charge in [0.15, 0.2) is 0 Å². The van der Waals surface area contributed by atoms with Crippen LogP contribution in [0, 0.1) is 0 Å². The molecule has 0 saturated carbocycles. The molecule has 0 aliphatic carbocycles. The SMILES string of the molecule is NN1CC2COCC(C1)O2. The summed E-state index contributed by atoms with van der Waals surface area (Å²) in [5.41, 5.74) is 0. The van der Waals surface area contributed by atoms with Gasteiger partial charge in [-0.05, 0) is 0 Å². The molecule has 4 heteroatoms. The van der Waals surface area contributed by atoms with Crippen LogP contribution in [0.5, 0.6) is 0 Å². The summed E-state index contributed by atoms with van der Waals surface area (Å²) < 4.78 is 10.8. The molecule has 0 aromatic carbocycles. The molecular weight excluding hydrogens is 132 g/mol. The smallest absolute Gasteiger partial charge is 0.0954 e. The van der Waals surface area contributed by atoms with Gasteiger partial charge in [0.05, 0.1) is 25.4 Å². The Morgan fingerprint density at radius 3 is 2.40 bits per heavy atom. The predicted octanol–water partition coefficient (Wildman–Crippen LogP) is -1.04. The Bertz CT molecular complexity index is 115. The molecule has 2 fully saturated rings. The fourth-order valence-electron chi connectivity index (χ4n) is 1.47. The van der Waals surface area contributed by atoms with Crippen molar-refractivity contribution < 1.29 is 9.47 Å². The van der Waals surface area contributed by atoms with E-state index in [0.717, 1.165) is 13.1 Å². The van der Waals surface area contributed by atoms with Gasteiger partial charge in [-0.2, -0.15) is 0 Å². The molecule has 10 heavy (non-hydrogen) atoms. The average molecular weight is 144 g/mol. The molecule has 2 unspecified atom stereocenters. The Morgan fingerprint density at radius 2 is 1.80 bits per heavy atom. The molecule has 2 rings (SSSR count). The number of rotatable bonds is 0. The third kappa shape index (κ3) is 1.15. The van der Waals surface area contributed by atoms with Gasteiger partial charge in [-0.25, -0.2) is 5.01 Å². The Morgan fingerprint density at radius 1 is 1.20 bits per heavy atom. The van der Waals surface area contributed by atoms with E-state index in [1.54, 1.807) is 5.01 Å². The molecule has 0 amide bonds. The van der Waals surface area contributed by atoms with Gasteiger partial charge < -0.3 is 9.47 Å². The van der Waals surface area contributed by atoms with Crippen LogP contribution in [0.1, 0.15) is 0 Å².